The molecule has 1 aliphatic rings. The summed E-state index contributed by atoms with van der Waals surface area (Å²) in [5, 5.41) is 2.29. The van der Waals surface area contributed by atoms with Crippen LogP contribution >= 0.6 is 0 Å². The highest BCUT2D eigenvalue weighted by molar-refractivity contribution is 6.11. The van der Waals surface area contributed by atoms with Crippen LogP contribution in [-0.4, -0.2) is 16.2 Å². The van der Waals surface area contributed by atoms with Crippen molar-refractivity contribution in [2.75, 3.05) is 16.5 Å². The Bertz CT molecular complexity index is 4360. The summed E-state index contributed by atoms with van der Waals surface area (Å²) >= 11 is 0. The monoisotopic (exact) mass is 1080 g/mol. The van der Waals surface area contributed by atoms with Gasteiger partial charge in [-0.3, -0.25) is 4.57 Å². The molecule has 5 nitrogen and oxygen atoms in total. The van der Waals surface area contributed by atoms with Crippen molar-refractivity contribution >= 4 is 44.6 Å². The third kappa shape index (κ3) is 10.2. The van der Waals surface area contributed by atoms with Gasteiger partial charge in [-0.1, -0.05) is 232 Å². The smallest absolute Gasteiger partial charge is 0.137 e. The molecule has 408 valence electrons. The maximum atomic E-state index is 7.02. The molecular weight excluding hydrogens is 1010 g/mol. The molecule has 13 rings (SSSR count). The van der Waals surface area contributed by atoms with Crippen LogP contribution in [0, 0.1) is 0 Å². The van der Waals surface area contributed by atoms with Gasteiger partial charge in [0.15, 0.2) is 0 Å². The zero-order valence-electron chi connectivity index (χ0n) is 49.1. The Labute approximate surface area is 489 Å². The third-order valence-corrected chi connectivity index (χ3v) is 16.6. The number of rotatable bonds is 10. The molecule has 0 fully saturated rings. The number of pyridine rings is 1. The van der Waals surface area contributed by atoms with E-state index in [1.54, 1.807) is 0 Å². The Morgan fingerprint density at radius 3 is 1.53 bits per heavy atom. The highest BCUT2D eigenvalue weighted by Crippen LogP contribution is 2.51. The van der Waals surface area contributed by atoms with Gasteiger partial charge in [-0.15, -0.1) is 0 Å². The summed E-state index contributed by atoms with van der Waals surface area (Å²) in [6, 6.07) is 88.3. The lowest BCUT2D eigenvalue weighted by molar-refractivity contribution is 0.483. The van der Waals surface area contributed by atoms with Crippen molar-refractivity contribution in [3.63, 3.8) is 0 Å². The number of benzene rings is 10. The quantitative estimate of drug-likeness (QED) is 0.137. The van der Waals surface area contributed by atoms with Gasteiger partial charge in [0.05, 0.1) is 28.1 Å². The minimum absolute atomic E-state index is 0.0368. The largest absolute Gasteiger partial charge is 0.457 e. The molecule has 0 saturated carbocycles. The van der Waals surface area contributed by atoms with Crippen molar-refractivity contribution in [3.8, 4) is 73.0 Å². The van der Waals surface area contributed by atoms with Gasteiger partial charge in [0.1, 0.15) is 24.0 Å². The molecule has 0 saturated heterocycles. The van der Waals surface area contributed by atoms with Gasteiger partial charge in [0, 0.05) is 51.5 Å². The minimum atomic E-state index is -0.167. The van der Waals surface area contributed by atoms with Crippen molar-refractivity contribution in [2.24, 2.45) is 0 Å². The topological polar surface area (TPSA) is 33.5 Å². The summed E-state index contributed by atoms with van der Waals surface area (Å²) in [4.78, 5) is 10.2. The second-order valence-corrected chi connectivity index (χ2v) is 25.3. The number of para-hydroxylation sites is 3. The first kappa shape index (κ1) is 52.9. The van der Waals surface area contributed by atoms with E-state index in [1.807, 2.05) is 0 Å². The Balaban J connectivity index is 0.891. The normalized spacial score (nSPS) is 12.8. The van der Waals surface area contributed by atoms with Crippen molar-refractivity contribution in [2.45, 2.75) is 78.6 Å². The molecule has 0 N–H and O–H groups in total. The highest BCUT2D eigenvalue weighted by Gasteiger charge is 2.32. The zero-order valence-corrected chi connectivity index (χ0v) is 49.1. The number of hydrogen-bond acceptors (Lipinski definition) is 4. The lowest BCUT2D eigenvalue weighted by Crippen LogP contribution is -2.25. The van der Waals surface area contributed by atoms with Crippen molar-refractivity contribution < 1.29 is 4.74 Å². The van der Waals surface area contributed by atoms with Crippen molar-refractivity contribution in [1.29, 1.82) is 0 Å². The van der Waals surface area contributed by atoms with E-state index in [0.29, 0.717) is 6.67 Å². The predicted molar refractivity (Wildman–Crippen MR) is 350 cm³/mol. The van der Waals surface area contributed by atoms with Crippen LogP contribution in [0.2, 0.25) is 0 Å². The number of aromatic nitrogens is 2. The molecule has 0 spiro atoms. The lowest BCUT2D eigenvalue weighted by atomic mass is 9.81. The van der Waals surface area contributed by atoms with Gasteiger partial charge >= 0.3 is 0 Å². The fraction of sp³-hybridized carbons (Fsp3) is 0.167. The van der Waals surface area contributed by atoms with Crippen molar-refractivity contribution in [1.82, 2.24) is 9.55 Å². The second-order valence-electron chi connectivity index (χ2n) is 25.3. The Hall–Kier alpha value is -9.45. The van der Waals surface area contributed by atoms with Crippen LogP contribution in [0.1, 0.15) is 79.0 Å². The van der Waals surface area contributed by atoms with Gasteiger partial charge in [-0.05, 0) is 133 Å². The summed E-state index contributed by atoms with van der Waals surface area (Å²) in [6.07, 6.45) is 2.08. The van der Waals surface area contributed by atoms with E-state index in [2.05, 4.69) is 326 Å². The van der Waals surface area contributed by atoms with Crippen LogP contribution in [0.4, 0.5) is 22.7 Å². The molecule has 0 bridgehead atoms. The SMILES string of the molecule is CC(C)(C)c1ccc(-c2cnc(-n3c4ccc(-c5ccccc5)cc4c4ccc(Oc5cccc(N6CN(c7c(-c8ccc(C(C)(C)C)cc8)cccc7-c7cccc(-c8ccccc8)c7)c7ccccc76)c5)cc43)cc2C(C)(C)C)cc1. The van der Waals surface area contributed by atoms with E-state index in [-0.39, 0.29) is 16.2 Å². The third-order valence-electron chi connectivity index (χ3n) is 16.6. The summed E-state index contributed by atoms with van der Waals surface area (Å²) in [5.74, 6) is 2.36. The molecule has 2 aromatic heterocycles. The number of fused-ring (bicyclic) bond motifs is 4. The predicted octanol–water partition coefficient (Wildman–Crippen LogP) is 21.4. The maximum Gasteiger partial charge on any atom is 0.137 e. The fourth-order valence-corrected chi connectivity index (χ4v) is 12.1. The molecule has 12 aromatic rings. The molecule has 0 amide bonds. The molecule has 0 unspecified atom stereocenters. The van der Waals surface area contributed by atoms with E-state index < -0.39 is 0 Å². The zero-order chi connectivity index (χ0) is 57.2. The Kier molecular flexibility index (Phi) is 13.3. The first-order valence-electron chi connectivity index (χ1n) is 29.1. The van der Waals surface area contributed by atoms with Crippen LogP contribution in [0.25, 0.3) is 83.3 Å². The van der Waals surface area contributed by atoms with E-state index in [1.165, 1.54) is 61.2 Å². The molecule has 0 atom stereocenters. The van der Waals surface area contributed by atoms with Crippen LogP contribution in [-0.2, 0) is 16.2 Å². The van der Waals surface area contributed by atoms with Crippen molar-refractivity contribution in [3.05, 3.63) is 266 Å². The van der Waals surface area contributed by atoms with Crippen LogP contribution in [0.5, 0.6) is 11.5 Å². The van der Waals surface area contributed by atoms with E-state index in [4.69, 9.17) is 9.72 Å². The molecule has 0 aliphatic carbocycles. The highest BCUT2D eigenvalue weighted by atomic mass is 16.5. The summed E-state index contributed by atoms with van der Waals surface area (Å²) < 4.78 is 9.34. The summed E-state index contributed by atoms with van der Waals surface area (Å²) in [7, 11) is 0. The average Bonchev–Trinajstić information content (AvgIpc) is 2.70. The fourth-order valence-electron chi connectivity index (χ4n) is 12.1. The van der Waals surface area contributed by atoms with Crippen LogP contribution in [0.15, 0.2) is 249 Å². The van der Waals surface area contributed by atoms with Crippen LogP contribution in [0.3, 0.4) is 0 Å². The number of ether oxygens (including phenoxy) is 1. The molecule has 83 heavy (non-hydrogen) atoms. The maximum absolute atomic E-state index is 7.02. The first-order valence-corrected chi connectivity index (χ1v) is 29.1. The van der Waals surface area contributed by atoms with Gasteiger partial charge in [0.25, 0.3) is 0 Å². The van der Waals surface area contributed by atoms with E-state index >= 15 is 0 Å². The van der Waals surface area contributed by atoms with Gasteiger partial charge < -0.3 is 14.5 Å². The Morgan fingerprint density at radius 1 is 0.361 bits per heavy atom. The van der Waals surface area contributed by atoms with Gasteiger partial charge in [-0.2, -0.15) is 0 Å². The lowest BCUT2D eigenvalue weighted by Gasteiger charge is -2.28. The molecular formula is C78H70N4O. The summed E-state index contributed by atoms with van der Waals surface area (Å²) in [5.41, 5.74) is 22.1. The van der Waals surface area contributed by atoms with Gasteiger partial charge in [0.2, 0.25) is 0 Å². The van der Waals surface area contributed by atoms with Gasteiger partial charge in [-0.25, -0.2) is 4.98 Å². The van der Waals surface area contributed by atoms with E-state index in [0.717, 1.165) is 73.0 Å². The van der Waals surface area contributed by atoms with E-state index in [9.17, 15) is 0 Å². The molecule has 5 heteroatoms. The number of nitrogens with zero attached hydrogens (tertiary/aromatic N) is 4. The Morgan fingerprint density at radius 2 is 0.892 bits per heavy atom. The first-order chi connectivity index (χ1) is 40.0. The molecule has 3 heterocycles. The molecule has 1 aliphatic heterocycles. The molecule has 0 radical (unpaired) electrons. The average molecular weight is 1080 g/mol. The number of hydrogen-bond donors (Lipinski definition) is 0. The molecule has 10 aromatic carbocycles. The standard InChI is InChI=1S/C78H70N4O/c1-76(2,3)59-38-33-54(34-39-59)64-29-20-30-65(58-26-18-25-56(45-58)52-21-12-10-13-22-52)75(64)81-51-80(71-31-16-17-32-72(71)81)61-27-19-28-62(47-61)83-63-42-43-66-67-46-57(53-23-14-11-15-24-53)37-44-70(67)82(73(66)48-63)74-49-69(78(7,8)9)68(50-79-74)55-35-40-60(41-36-55)77(4,5)6/h10-50H,51H2,1-9H3. The second kappa shape index (κ2) is 20.8. The van der Waals surface area contributed by atoms with Crippen LogP contribution < -0.4 is 14.5 Å². The summed E-state index contributed by atoms with van der Waals surface area (Å²) in [6.45, 7) is 21.1. The minimum Gasteiger partial charge on any atom is -0.457 e. The number of anilines is 4.